The molecule has 0 aliphatic rings. The molecule has 2 aromatic heterocycles. The highest BCUT2D eigenvalue weighted by molar-refractivity contribution is 7.09. The SMILES string of the molecule is CN(Cc1nc(-c2ccc(Cl)cc2)cs1)CC(O)(Cn1cncn1)c1ccc(F)cc1F. The van der Waals surface area contributed by atoms with Crippen LogP contribution in [0.15, 0.2) is 60.5 Å². The molecule has 0 aliphatic heterocycles. The molecular formula is C22H20ClF2N5OS. The summed E-state index contributed by atoms with van der Waals surface area (Å²) in [4.78, 5) is 10.4. The second kappa shape index (κ2) is 9.41. The van der Waals surface area contributed by atoms with Crippen molar-refractivity contribution in [1.29, 1.82) is 0 Å². The first-order valence-electron chi connectivity index (χ1n) is 9.72. The Labute approximate surface area is 192 Å². The van der Waals surface area contributed by atoms with Gasteiger partial charge in [0.05, 0.1) is 18.8 Å². The molecular weight excluding hydrogens is 456 g/mol. The van der Waals surface area contributed by atoms with Gasteiger partial charge in [-0.2, -0.15) is 5.10 Å². The molecule has 0 fully saturated rings. The topological polar surface area (TPSA) is 67.1 Å². The van der Waals surface area contributed by atoms with Gasteiger partial charge in [0.15, 0.2) is 0 Å². The van der Waals surface area contributed by atoms with E-state index in [1.165, 1.54) is 34.7 Å². The van der Waals surface area contributed by atoms with Gasteiger partial charge < -0.3 is 5.11 Å². The van der Waals surface area contributed by atoms with Crippen molar-refractivity contribution in [3.05, 3.63) is 87.7 Å². The number of halogens is 3. The number of likely N-dealkylation sites (N-methyl/N-ethyl adjacent to an activating group) is 1. The van der Waals surface area contributed by atoms with Crippen LogP contribution in [-0.2, 0) is 18.7 Å². The Hall–Kier alpha value is -2.72. The molecule has 32 heavy (non-hydrogen) atoms. The molecule has 4 rings (SSSR count). The Morgan fingerprint density at radius 3 is 2.66 bits per heavy atom. The lowest BCUT2D eigenvalue weighted by molar-refractivity contribution is -0.0175. The Morgan fingerprint density at radius 1 is 1.19 bits per heavy atom. The fourth-order valence-electron chi connectivity index (χ4n) is 3.54. The Kier molecular flexibility index (Phi) is 6.61. The number of aliphatic hydroxyl groups is 1. The van der Waals surface area contributed by atoms with Gasteiger partial charge in [-0.25, -0.2) is 23.4 Å². The number of nitrogens with zero attached hydrogens (tertiary/aromatic N) is 5. The van der Waals surface area contributed by atoms with Crippen LogP contribution in [0.3, 0.4) is 0 Å². The fourth-order valence-corrected chi connectivity index (χ4v) is 4.55. The molecule has 1 atom stereocenters. The molecule has 0 amide bonds. The van der Waals surface area contributed by atoms with Crippen molar-refractivity contribution in [2.24, 2.45) is 0 Å². The Balaban J connectivity index is 1.54. The highest BCUT2D eigenvalue weighted by Gasteiger charge is 2.35. The van der Waals surface area contributed by atoms with Crippen molar-refractivity contribution in [3.63, 3.8) is 0 Å². The zero-order chi connectivity index (χ0) is 22.7. The summed E-state index contributed by atoms with van der Waals surface area (Å²) in [5.41, 5.74) is 0.103. The third kappa shape index (κ3) is 5.18. The molecule has 0 saturated carbocycles. The highest BCUT2D eigenvalue weighted by Crippen LogP contribution is 2.29. The zero-order valence-electron chi connectivity index (χ0n) is 17.1. The van der Waals surface area contributed by atoms with Gasteiger partial charge in [-0.05, 0) is 25.2 Å². The monoisotopic (exact) mass is 475 g/mol. The van der Waals surface area contributed by atoms with Gasteiger partial charge in [-0.15, -0.1) is 11.3 Å². The molecule has 0 bridgehead atoms. The van der Waals surface area contributed by atoms with Gasteiger partial charge in [0.1, 0.15) is 34.9 Å². The first kappa shape index (κ1) is 22.5. The van der Waals surface area contributed by atoms with E-state index in [1.807, 2.05) is 34.5 Å². The van der Waals surface area contributed by atoms with Crippen LogP contribution in [0.2, 0.25) is 5.02 Å². The van der Waals surface area contributed by atoms with Crippen LogP contribution in [0.5, 0.6) is 0 Å². The van der Waals surface area contributed by atoms with E-state index in [9.17, 15) is 13.9 Å². The van der Waals surface area contributed by atoms with Gasteiger partial charge >= 0.3 is 0 Å². The predicted molar refractivity (Wildman–Crippen MR) is 119 cm³/mol. The van der Waals surface area contributed by atoms with Gasteiger partial charge in [-0.3, -0.25) is 4.90 Å². The average Bonchev–Trinajstić information content (AvgIpc) is 3.40. The van der Waals surface area contributed by atoms with E-state index in [-0.39, 0.29) is 18.7 Å². The average molecular weight is 476 g/mol. The second-order valence-electron chi connectivity index (χ2n) is 7.55. The minimum Gasteiger partial charge on any atom is -0.382 e. The number of thiazole rings is 1. The second-order valence-corrected chi connectivity index (χ2v) is 8.93. The summed E-state index contributed by atoms with van der Waals surface area (Å²) in [5.74, 6) is -1.53. The Morgan fingerprint density at radius 2 is 1.97 bits per heavy atom. The van der Waals surface area contributed by atoms with Crippen LogP contribution >= 0.6 is 22.9 Å². The predicted octanol–water partition coefficient (Wildman–Crippen LogP) is 4.35. The third-order valence-corrected chi connectivity index (χ3v) is 6.04. The maximum absolute atomic E-state index is 14.6. The smallest absolute Gasteiger partial charge is 0.137 e. The summed E-state index contributed by atoms with van der Waals surface area (Å²) in [6.07, 6.45) is 2.77. The van der Waals surface area contributed by atoms with Gasteiger partial charge in [0.25, 0.3) is 0 Å². The largest absolute Gasteiger partial charge is 0.382 e. The summed E-state index contributed by atoms with van der Waals surface area (Å²) in [5, 5.41) is 18.9. The molecule has 2 aromatic carbocycles. The normalized spacial score (nSPS) is 13.4. The van der Waals surface area contributed by atoms with E-state index < -0.39 is 17.2 Å². The van der Waals surface area contributed by atoms with Crippen LogP contribution in [0.4, 0.5) is 8.78 Å². The van der Waals surface area contributed by atoms with Gasteiger partial charge in [-0.1, -0.05) is 29.8 Å². The number of hydrogen-bond acceptors (Lipinski definition) is 6. The fraction of sp³-hybridized carbons (Fsp3) is 0.227. The van der Waals surface area contributed by atoms with E-state index in [0.717, 1.165) is 28.4 Å². The zero-order valence-corrected chi connectivity index (χ0v) is 18.7. The summed E-state index contributed by atoms with van der Waals surface area (Å²) in [6, 6.07) is 10.6. The Bertz CT molecular complexity index is 1190. The van der Waals surface area contributed by atoms with Crippen molar-refractivity contribution in [2.75, 3.05) is 13.6 Å². The van der Waals surface area contributed by atoms with E-state index >= 15 is 0 Å². The van der Waals surface area contributed by atoms with Crippen LogP contribution < -0.4 is 0 Å². The third-order valence-electron chi connectivity index (χ3n) is 4.95. The summed E-state index contributed by atoms with van der Waals surface area (Å²) >= 11 is 7.44. The minimum atomic E-state index is -1.67. The van der Waals surface area contributed by atoms with E-state index in [0.29, 0.717) is 11.6 Å². The molecule has 6 nitrogen and oxygen atoms in total. The number of hydrogen-bond donors (Lipinski definition) is 1. The maximum atomic E-state index is 14.6. The van der Waals surface area contributed by atoms with Crippen molar-refractivity contribution < 1.29 is 13.9 Å². The van der Waals surface area contributed by atoms with Crippen molar-refractivity contribution in [3.8, 4) is 11.3 Å². The van der Waals surface area contributed by atoms with Crippen LogP contribution in [-0.4, -0.2) is 43.3 Å². The first-order chi connectivity index (χ1) is 15.3. The maximum Gasteiger partial charge on any atom is 0.137 e. The standard InChI is InChI=1S/C22H20ClF2N5OS/c1-29(9-21-28-20(10-32-21)15-2-4-16(23)5-3-15)11-22(31,12-30-14-26-13-27-30)18-7-6-17(24)8-19(18)25/h2-8,10,13-14,31H,9,11-12H2,1H3. The van der Waals surface area contributed by atoms with Crippen molar-refractivity contribution >= 4 is 22.9 Å². The lowest BCUT2D eigenvalue weighted by Crippen LogP contribution is -2.43. The quantitative estimate of drug-likeness (QED) is 0.410. The molecule has 1 N–H and O–H groups in total. The number of aromatic nitrogens is 4. The molecule has 0 aliphatic carbocycles. The number of benzene rings is 2. The van der Waals surface area contributed by atoms with Crippen molar-refractivity contribution in [1.82, 2.24) is 24.6 Å². The molecule has 166 valence electrons. The molecule has 0 radical (unpaired) electrons. The lowest BCUT2D eigenvalue weighted by Gasteiger charge is -2.32. The summed E-state index contributed by atoms with van der Waals surface area (Å²) in [7, 11) is 1.80. The van der Waals surface area contributed by atoms with E-state index in [4.69, 9.17) is 11.6 Å². The van der Waals surface area contributed by atoms with E-state index in [1.54, 1.807) is 7.05 Å². The summed E-state index contributed by atoms with van der Waals surface area (Å²) < 4.78 is 29.5. The number of rotatable bonds is 8. The van der Waals surface area contributed by atoms with Crippen LogP contribution in [0.1, 0.15) is 10.6 Å². The first-order valence-corrected chi connectivity index (χ1v) is 11.0. The lowest BCUT2D eigenvalue weighted by atomic mass is 9.92. The van der Waals surface area contributed by atoms with Gasteiger partial charge in [0, 0.05) is 34.1 Å². The molecule has 2 heterocycles. The highest BCUT2D eigenvalue weighted by atomic mass is 35.5. The molecule has 0 spiro atoms. The van der Waals surface area contributed by atoms with Crippen LogP contribution in [0, 0.1) is 11.6 Å². The molecule has 10 heteroatoms. The molecule has 0 saturated heterocycles. The van der Waals surface area contributed by atoms with Gasteiger partial charge in [0.2, 0.25) is 0 Å². The van der Waals surface area contributed by atoms with E-state index in [2.05, 4.69) is 15.1 Å². The summed E-state index contributed by atoms with van der Waals surface area (Å²) in [6.45, 7) is 0.444. The molecule has 1 unspecified atom stereocenters. The van der Waals surface area contributed by atoms with Crippen LogP contribution in [0.25, 0.3) is 11.3 Å². The minimum absolute atomic E-state index is 0.0118. The van der Waals surface area contributed by atoms with Crippen molar-refractivity contribution in [2.45, 2.75) is 18.7 Å². The molecule has 4 aromatic rings.